The van der Waals surface area contributed by atoms with E-state index in [1.807, 2.05) is 0 Å². The molecule has 4 N–H and O–H groups in total. The van der Waals surface area contributed by atoms with Crippen molar-refractivity contribution in [2.75, 3.05) is 5.73 Å². The molecule has 0 bridgehead atoms. The quantitative estimate of drug-likeness (QED) is 0.712. The summed E-state index contributed by atoms with van der Waals surface area (Å²) >= 11 is 5.75. The van der Waals surface area contributed by atoms with E-state index in [-0.39, 0.29) is 5.56 Å². The number of nitrogen functional groups attached to an aromatic ring is 1. The number of nitrogens with two attached hydrogens (primary N) is 1. The van der Waals surface area contributed by atoms with Crippen molar-refractivity contribution in [1.82, 2.24) is 5.32 Å². The smallest absolute Gasteiger partial charge is 0.326 e. The number of amides is 1. The third kappa shape index (κ3) is 3.64. The van der Waals surface area contributed by atoms with Gasteiger partial charge in [0.2, 0.25) is 0 Å². The first kappa shape index (κ1) is 13.3. The molecule has 6 heteroatoms. The van der Waals surface area contributed by atoms with Crippen LogP contribution in [0.15, 0.2) is 18.2 Å². The van der Waals surface area contributed by atoms with E-state index in [9.17, 15) is 9.59 Å². The first-order chi connectivity index (χ1) is 7.93. The Balaban J connectivity index is 2.86. The van der Waals surface area contributed by atoms with Crippen LogP contribution in [0.5, 0.6) is 0 Å². The minimum absolute atomic E-state index is 0.245. The number of carbonyl (C=O) groups excluding carboxylic acids is 1. The summed E-state index contributed by atoms with van der Waals surface area (Å²) in [6, 6.07) is 3.47. The van der Waals surface area contributed by atoms with Gasteiger partial charge in [0.15, 0.2) is 0 Å². The monoisotopic (exact) mass is 256 g/mol. The van der Waals surface area contributed by atoms with Gasteiger partial charge in [0.25, 0.3) is 5.91 Å². The van der Waals surface area contributed by atoms with Crippen molar-refractivity contribution in [3.05, 3.63) is 28.8 Å². The summed E-state index contributed by atoms with van der Waals surface area (Å²) in [6.45, 7) is 1.67. The topological polar surface area (TPSA) is 92.4 Å². The van der Waals surface area contributed by atoms with Crippen LogP contribution >= 0.6 is 11.6 Å². The molecule has 1 aromatic rings. The first-order valence-electron chi connectivity index (χ1n) is 5.03. The van der Waals surface area contributed by atoms with Crippen molar-refractivity contribution in [3.63, 3.8) is 0 Å². The summed E-state index contributed by atoms with van der Waals surface area (Å²) < 4.78 is 0. The molecule has 0 heterocycles. The lowest BCUT2D eigenvalue weighted by molar-refractivity contribution is -0.139. The predicted molar refractivity (Wildman–Crippen MR) is 65.0 cm³/mol. The van der Waals surface area contributed by atoms with Crippen LogP contribution in [0.1, 0.15) is 23.7 Å². The molecule has 5 nitrogen and oxygen atoms in total. The zero-order chi connectivity index (χ0) is 13.0. The van der Waals surface area contributed by atoms with Crippen molar-refractivity contribution in [3.8, 4) is 0 Å². The van der Waals surface area contributed by atoms with Crippen molar-refractivity contribution in [1.29, 1.82) is 0 Å². The number of rotatable bonds is 4. The fraction of sp³-hybridized carbons (Fsp3) is 0.273. The minimum atomic E-state index is -1.07. The number of nitrogens with one attached hydrogen (secondary N) is 1. The average Bonchev–Trinajstić information content (AvgIpc) is 2.23. The lowest BCUT2D eigenvalue weighted by Crippen LogP contribution is -2.40. The fourth-order valence-electron chi connectivity index (χ4n) is 1.32. The van der Waals surface area contributed by atoms with E-state index in [0.717, 1.165) is 0 Å². The summed E-state index contributed by atoms with van der Waals surface area (Å²) in [5.41, 5.74) is 6.14. The molecule has 0 aliphatic rings. The van der Waals surface area contributed by atoms with Gasteiger partial charge in [-0.1, -0.05) is 18.5 Å². The van der Waals surface area contributed by atoms with Crippen LogP contribution < -0.4 is 11.1 Å². The minimum Gasteiger partial charge on any atom is -0.480 e. The maximum atomic E-state index is 11.7. The van der Waals surface area contributed by atoms with E-state index in [0.29, 0.717) is 17.1 Å². The molecule has 0 spiro atoms. The lowest BCUT2D eigenvalue weighted by atomic mass is 10.1. The molecular formula is C11H13ClN2O3. The van der Waals surface area contributed by atoms with Crippen LogP contribution in [0.25, 0.3) is 0 Å². The first-order valence-corrected chi connectivity index (χ1v) is 5.41. The van der Waals surface area contributed by atoms with Gasteiger partial charge in [0.05, 0.1) is 0 Å². The number of halogens is 1. The highest BCUT2D eigenvalue weighted by Gasteiger charge is 2.18. The number of carboxylic acids is 1. The highest BCUT2D eigenvalue weighted by atomic mass is 35.5. The van der Waals surface area contributed by atoms with Gasteiger partial charge in [-0.2, -0.15) is 0 Å². The van der Waals surface area contributed by atoms with E-state index in [1.165, 1.54) is 18.2 Å². The molecule has 1 aromatic carbocycles. The molecular weight excluding hydrogens is 244 g/mol. The molecule has 0 saturated heterocycles. The number of aliphatic carboxylic acids is 1. The van der Waals surface area contributed by atoms with Gasteiger partial charge in [-0.25, -0.2) is 4.79 Å². The Morgan fingerprint density at radius 3 is 2.59 bits per heavy atom. The maximum Gasteiger partial charge on any atom is 0.326 e. The van der Waals surface area contributed by atoms with Gasteiger partial charge < -0.3 is 16.2 Å². The SMILES string of the molecule is CC[C@H](NC(=O)c1cc(N)cc(Cl)c1)C(=O)O. The van der Waals surface area contributed by atoms with Crippen molar-refractivity contribution >= 4 is 29.2 Å². The highest BCUT2D eigenvalue weighted by molar-refractivity contribution is 6.31. The number of hydrogen-bond acceptors (Lipinski definition) is 3. The van der Waals surface area contributed by atoms with E-state index < -0.39 is 17.9 Å². The van der Waals surface area contributed by atoms with Gasteiger partial charge in [0, 0.05) is 16.3 Å². The second kappa shape index (κ2) is 5.54. The largest absolute Gasteiger partial charge is 0.480 e. The molecule has 0 saturated carbocycles. The van der Waals surface area contributed by atoms with Crippen LogP contribution in [-0.2, 0) is 4.79 Å². The molecule has 17 heavy (non-hydrogen) atoms. The number of benzene rings is 1. The van der Waals surface area contributed by atoms with Gasteiger partial charge in [-0.3, -0.25) is 4.79 Å². The Hall–Kier alpha value is -1.75. The van der Waals surface area contributed by atoms with Crippen LogP contribution in [0.3, 0.4) is 0 Å². The third-order valence-corrected chi connectivity index (χ3v) is 2.41. The van der Waals surface area contributed by atoms with Gasteiger partial charge >= 0.3 is 5.97 Å². The fourth-order valence-corrected chi connectivity index (χ4v) is 1.57. The van der Waals surface area contributed by atoms with E-state index in [4.69, 9.17) is 22.4 Å². The second-order valence-corrected chi connectivity index (χ2v) is 3.98. The van der Waals surface area contributed by atoms with Crippen molar-refractivity contribution in [2.24, 2.45) is 0 Å². The van der Waals surface area contributed by atoms with Crippen LogP contribution in [0.4, 0.5) is 5.69 Å². The summed E-state index contributed by atoms with van der Waals surface area (Å²) in [5.74, 6) is -1.58. The summed E-state index contributed by atoms with van der Waals surface area (Å²) in [4.78, 5) is 22.5. The van der Waals surface area contributed by atoms with E-state index in [2.05, 4.69) is 5.32 Å². The lowest BCUT2D eigenvalue weighted by Gasteiger charge is -2.12. The molecule has 0 aliphatic carbocycles. The standard InChI is InChI=1S/C11H13ClN2O3/c1-2-9(11(16)17)14-10(15)6-3-7(12)5-8(13)4-6/h3-5,9H,2,13H2,1H3,(H,14,15)(H,16,17)/t9-/m0/s1. The van der Waals surface area contributed by atoms with Gasteiger partial charge in [-0.15, -0.1) is 0 Å². The number of carbonyl (C=O) groups is 2. The van der Waals surface area contributed by atoms with E-state index in [1.54, 1.807) is 6.92 Å². The molecule has 92 valence electrons. The maximum absolute atomic E-state index is 11.7. The number of hydrogen-bond donors (Lipinski definition) is 3. The predicted octanol–water partition coefficient (Wildman–Crippen LogP) is 1.52. The molecule has 1 rings (SSSR count). The number of anilines is 1. The Bertz CT molecular complexity index is 428. The van der Waals surface area contributed by atoms with Crippen molar-refractivity contribution < 1.29 is 14.7 Å². The Morgan fingerprint density at radius 2 is 2.12 bits per heavy atom. The van der Waals surface area contributed by atoms with Crippen LogP contribution in [0, 0.1) is 0 Å². The Labute approximate surface area is 104 Å². The molecule has 0 aliphatic heterocycles. The molecule has 1 amide bonds. The molecule has 0 radical (unpaired) electrons. The molecule has 0 unspecified atom stereocenters. The Kier molecular flexibility index (Phi) is 4.34. The van der Waals surface area contributed by atoms with Crippen molar-refractivity contribution in [2.45, 2.75) is 19.4 Å². The number of carboxylic acid groups (broad SMARTS) is 1. The van der Waals surface area contributed by atoms with Crippen LogP contribution in [0.2, 0.25) is 5.02 Å². The zero-order valence-corrected chi connectivity index (χ0v) is 9.99. The highest BCUT2D eigenvalue weighted by Crippen LogP contribution is 2.16. The summed E-state index contributed by atoms with van der Waals surface area (Å²) in [5, 5.41) is 11.5. The van der Waals surface area contributed by atoms with Gasteiger partial charge in [-0.05, 0) is 24.6 Å². The van der Waals surface area contributed by atoms with Crippen LogP contribution in [-0.4, -0.2) is 23.0 Å². The summed E-state index contributed by atoms with van der Waals surface area (Å²) in [6.07, 6.45) is 0.303. The average molecular weight is 257 g/mol. The van der Waals surface area contributed by atoms with E-state index >= 15 is 0 Å². The second-order valence-electron chi connectivity index (χ2n) is 3.55. The zero-order valence-electron chi connectivity index (χ0n) is 9.24. The van der Waals surface area contributed by atoms with Gasteiger partial charge in [0.1, 0.15) is 6.04 Å². The summed E-state index contributed by atoms with van der Waals surface area (Å²) in [7, 11) is 0. The molecule has 1 atom stereocenters. The normalized spacial score (nSPS) is 11.9. The molecule has 0 fully saturated rings. The third-order valence-electron chi connectivity index (χ3n) is 2.19. The Morgan fingerprint density at radius 1 is 1.47 bits per heavy atom. The molecule has 0 aromatic heterocycles.